The van der Waals surface area contributed by atoms with Crippen molar-refractivity contribution in [2.24, 2.45) is 5.92 Å². The van der Waals surface area contributed by atoms with E-state index in [1.165, 1.54) is 12.8 Å². The molecule has 0 aromatic carbocycles. The molecule has 1 unspecified atom stereocenters. The van der Waals surface area contributed by atoms with E-state index in [4.69, 9.17) is 9.47 Å². The molecule has 1 aliphatic carbocycles. The summed E-state index contributed by atoms with van der Waals surface area (Å²) in [7, 11) is 0. The van der Waals surface area contributed by atoms with E-state index < -0.39 is 0 Å². The molecule has 30 heavy (non-hydrogen) atoms. The van der Waals surface area contributed by atoms with Crippen LogP contribution in [0.4, 0.5) is 5.82 Å². The normalized spacial score (nSPS) is 27.2. The molecular formula is C23H36N4O3. The Hall–Kier alpha value is -1.70. The van der Waals surface area contributed by atoms with Crippen molar-refractivity contribution in [3.05, 3.63) is 24.4 Å². The molecule has 0 amide bonds. The predicted molar refractivity (Wildman–Crippen MR) is 116 cm³/mol. The Morgan fingerprint density at radius 2 is 1.73 bits per heavy atom. The van der Waals surface area contributed by atoms with E-state index in [2.05, 4.69) is 31.8 Å². The number of hydrogen-bond donors (Lipinski definition) is 0. The van der Waals surface area contributed by atoms with Crippen molar-refractivity contribution in [1.82, 2.24) is 14.8 Å². The van der Waals surface area contributed by atoms with Gasteiger partial charge >= 0.3 is 5.97 Å². The van der Waals surface area contributed by atoms with Gasteiger partial charge in [-0.15, -0.1) is 0 Å². The lowest BCUT2D eigenvalue weighted by molar-refractivity contribution is -0.185. The zero-order valence-corrected chi connectivity index (χ0v) is 18.2. The highest BCUT2D eigenvalue weighted by molar-refractivity contribution is 5.72. The number of carbonyl (C=O) groups excluding carboxylic acids is 1. The van der Waals surface area contributed by atoms with E-state index in [-0.39, 0.29) is 24.3 Å². The highest BCUT2D eigenvalue weighted by Crippen LogP contribution is 2.30. The van der Waals surface area contributed by atoms with Crippen LogP contribution in [0.3, 0.4) is 0 Å². The SMILES string of the molecule is CCOC(=O)[C@H]1CC[C@H](OC(N2CCCC2)N2CCN(c3ccccn3)CC2)CC1. The first kappa shape index (κ1) is 21.5. The summed E-state index contributed by atoms with van der Waals surface area (Å²) in [5.74, 6) is 1.09. The van der Waals surface area contributed by atoms with Gasteiger partial charge in [-0.3, -0.25) is 14.6 Å². The molecule has 1 atom stereocenters. The summed E-state index contributed by atoms with van der Waals surface area (Å²) < 4.78 is 11.9. The number of carbonyl (C=O) groups is 1. The van der Waals surface area contributed by atoms with Gasteiger partial charge in [0.05, 0.1) is 18.6 Å². The standard InChI is InChI=1S/C23H36N4O3/c1-2-29-22(28)19-8-10-20(11-9-19)30-23(26-13-5-6-14-26)27-17-15-25(16-18-27)21-7-3-4-12-24-21/h3-4,7,12,19-20,23H,2,5-6,8-11,13-18H2,1H3/t19-,20-,23?. The Bertz CT molecular complexity index is 652. The molecule has 0 spiro atoms. The molecule has 3 heterocycles. The van der Waals surface area contributed by atoms with Crippen LogP contribution < -0.4 is 4.90 Å². The van der Waals surface area contributed by atoms with Gasteiger partial charge in [0.2, 0.25) is 0 Å². The Morgan fingerprint density at radius 1 is 1.03 bits per heavy atom. The Kier molecular flexibility index (Phi) is 7.57. The van der Waals surface area contributed by atoms with Crippen LogP contribution in [-0.4, -0.2) is 79.1 Å². The number of esters is 1. The van der Waals surface area contributed by atoms with Gasteiger partial charge in [0.1, 0.15) is 5.82 Å². The van der Waals surface area contributed by atoms with Gasteiger partial charge in [0.15, 0.2) is 6.35 Å². The summed E-state index contributed by atoms with van der Waals surface area (Å²) in [6.07, 6.45) is 8.31. The molecule has 4 rings (SSSR count). The van der Waals surface area contributed by atoms with Crippen LogP contribution in [0, 0.1) is 5.92 Å². The maximum Gasteiger partial charge on any atom is 0.308 e. The third-order valence-corrected chi connectivity index (χ3v) is 6.66. The van der Waals surface area contributed by atoms with E-state index in [1.54, 1.807) is 0 Å². The van der Waals surface area contributed by atoms with Crippen LogP contribution in [0.2, 0.25) is 0 Å². The van der Waals surface area contributed by atoms with E-state index in [0.29, 0.717) is 6.61 Å². The van der Waals surface area contributed by atoms with E-state index >= 15 is 0 Å². The first-order chi connectivity index (χ1) is 14.7. The molecule has 2 saturated heterocycles. The number of anilines is 1. The number of rotatable bonds is 7. The number of likely N-dealkylation sites (tertiary alicyclic amines) is 1. The topological polar surface area (TPSA) is 58.1 Å². The fourth-order valence-corrected chi connectivity index (χ4v) is 4.95. The predicted octanol–water partition coefficient (Wildman–Crippen LogP) is 2.72. The number of nitrogens with zero attached hydrogens (tertiary/aromatic N) is 4. The first-order valence-electron chi connectivity index (χ1n) is 11.7. The van der Waals surface area contributed by atoms with Crippen molar-refractivity contribution >= 4 is 11.8 Å². The van der Waals surface area contributed by atoms with Gasteiger partial charge in [-0.1, -0.05) is 6.07 Å². The maximum atomic E-state index is 12.0. The summed E-state index contributed by atoms with van der Waals surface area (Å²) in [5.41, 5.74) is 0. The maximum absolute atomic E-state index is 12.0. The summed E-state index contributed by atoms with van der Waals surface area (Å²) >= 11 is 0. The lowest BCUT2D eigenvalue weighted by Gasteiger charge is -2.44. The molecule has 1 aromatic rings. The molecule has 0 N–H and O–H groups in total. The Labute approximate surface area is 180 Å². The van der Waals surface area contributed by atoms with E-state index in [1.807, 2.05) is 19.2 Å². The third kappa shape index (κ3) is 5.31. The van der Waals surface area contributed by atoms with Crippen LogP contribution in [0.1, 0.15) is 45.4 Å². The van der Waals surface area contributed by atoms with E-state index in [0.717, 1.165) is 70.8 Å². The van der Waals surface area contributed by atoms with Crippen LogP contribution in [0.5, 0.6) is 0 Å². The largest absolute Gasteiger partial charge is 0.466 e. The highest BCUT2D eigenvalue weighted by Gasteiger charge is 2.35. The second-order valence-corrected chi connectivity index (χ2v) is 8.64. The molecule has 0 bridgehead atoms. The summed E-state index contributed by atoms with van der Waals surface area (Å²) in [6.45, 7) is 8.48. The Balaban J connectivity index is 1.32. The average Bonchev–Trinajstić information content (AvgIpc) is 3.33. The van der Waals surface area contributed by atoms with Gasteiger partial charge < -0.3 is 14.4 Å². The Morgan fingerprint density at radius 3 is 2.37 bits per heavy atom. The third-order valence-electron chi connectivity index (χ3n) is 6.66. The van der Waals surface area contributed by atoms with Gasteiger partial charge in [0, 0.05) is 45.5 Å². The molecule has 1 aromatic heterocycles. The highest BCUT2D eigenvalue weighted by atomic mass is 16.5. The molecule has 0 radical (unpaired) electrons. The molecule has 7 heteroatoms. The van der Waals surface area contributed by atoms with Crippen LogP contribution in [0.15, 0.2) is 24.4 Å². The number of aromatic nitrogens is 1. The number of pyridine rings is 1. The van der Waals surface area contributed by atoms with Gasteiger partial charge in [-0.05, 0) is 57.6 Å². The summed E-state index contributed by atoms with van der Waals surface area (Å²) in [4.78, 5) is 23.9. The quantitative estimate of drug-likeness (QED) is 0.634. The second kappa shape index (κ2) is 10.6. The minimum atomic E-state index is -0.0299. The van der Waals surface area contributed by atoms with Crippen molar-refractivity contribution in [1.29, 1.82) is 0 Å². The zero-order chi connectivity index (χ0) is 20.8. The molecular weight excluding hydrogens is 380 g/mol. The fraction of sp³-hybridized carbons (Fsp3) is 0.739. The van der Waals surface area contributed by atoms with Crippen LogP contribution >= 0.6 is 0 Å². The second-order valence-electron chi connectivity index (χ2n) is 8.64. The first-order valence-corrected chi connectivity index (χ1v) is 11.7. The number of hydrogen-bond acceptors (Lipinski definition) is 7. The van der Waals surface area contributed by atoms with Crippen LogP contribution in [-0.2, 0) is 14.3 Å². The van der Waals surface area contributed by atoms with Crippen molar-refractivity contribution < 1.29 is 14.3 Å². The minimum Gasteiger partial charge on any atom is -0.466 e. The summed E-state index contributed by atoms with van der Waals surface area (Å²) in [6, 6.07) is 6.11. The molecule has 1 saturated carbocycles. The lowest BCUT2D eigenvalue weighted by atomic mass is 9.87. The smallest absolute Gasteiger partial charge is 0.308 e. The van der Waals surface area contributed by atoms with Crippen LogP contribution in [0.25, 0.3) is 0 Å². The van der Waals surface area contributed by atoms with Gasteiger partial charge in [0.25, 0.3) is 0 Å². The molecule has 2 aliphatic heterocycles. The van der Waals surface area contributed by atoms with Crippen molar-refractivity contribution in [2.45, 2.75) is 57.9 Å². The van der Waals surface area contributed by atoms with Gasteiger partial charge in [-0.25, -0.2) is 4.98 Å². The zero-order valence-electron chi connectivity index (χ0n) is 18.2. The van der Waals surface area contributed by atoms with Gasteiger partial charge in [-0.2, -0.15) is 0 Å². The number of ether oxygens (including phenoxy) is 2. The molecule has 7 nitrogen and oxygen atoms in total. The molecule has 3 aliphatic rings. The summed E-state index contributed by atoms with van der Waals surface area (Å²) in [5, 5.41) is 0. The monoisotopic (exact) mass is 416 g/mol. The van der Waals surface area contributed by atoms with Crippen molar-refractivity contribution in [2.75, 3.05) is 50.8 Å². The molecule has 166 valence electrons. The van der Waals surface area contributed by atoms with Crippen molar-refractivity contribution in [3.63, 3.8) is 0 Å². The number of piperazine rings is 1. The minimum absolute atomic E-state index is 0.0299. The lowest BCUT2D eigenvalue weighted by Crippen LogP contribution is -2.57. The van der Waals surface area contributed by atoms with E-state index in [9.17, 15) is 4.79 Å². The fourth-order valence-electron chi connectivity index (χ4n) is 4.95. The molecule has 3 fully saturated rings. The average molecular weight is 417 g/mol. The van der Waals surface area contributed by atoms with Crippen molar-refractivity contribution in [3.8, 4) is 0 Å².